The number of carbonyl (C=O) groups is 2. The topological polar surface area (TPSA) is 98.7 Å². The molecule has 6 nitrogen and oxygen atoms in total. The Morgan fingerprint density at radius 3 is 2.50 bits per heavy atom. The first-order chi connectivity index (χ1) is 5.59. The van der Waals surface area contributed by atoms with Crippen LogP contribution < -0.4 is 10.6 Å². The van der Waals surface area contributed by atoms with Crippen LogP contribution in [-0.2, 0) is 4.79 Å². The molecule has 4 N–H and O–H groups in total. The van der Waals surface area contributed by atoms with Crippen molar-refractivity contribution in [3.63, 3.8) is 0 Å². The van der Waals surface area contributed by atoms with E-state index in [1.807, 2.05) is 5.32 Å². The molecule has 1 rings (SSSR count). The predicted octanol–water partition coefficient (Wildman–Crippen LogP) is -1.71. The molecule has 1 aliphatic heterocycles. The van der Waals surface area contributed by atoms with Gasteiger partial charge in [-0.05, 0) is 6.42 Å². The van der Waals surface area contributed by atoms with E-state index in [2.05, 4.69) is 5.32 Å². The van der Waals surface area contributed by atoms with Crippen LogP contribution in [0.15, 0.2) is 0 Å². The summed E-state index contributed by atoms with van der Waals surface area (Å²) in [5.41, 5.74) is 0. The Bertz CT molecular complexity index is 204. The van der Waals surface area contributed by atoms with Crippen LogP contribution in [0.2, 0.25) is 0 Å². The lowest BCUT2D eigenvalue weighted by molar-refractivity contribution is -0.120. The van der Waals surface area contributed by atoms with Gasteiger partial charge in [-0.1, -0.05) is 0 Å². The lowest BCUT2D eigenvalue weighted by Gasteiger charge is -2.07. The van der Waals surface area contributed by atoms with Gasteiger partial charge in [0.1, 0.15) is 6.04 Å². The Hall–Kier alpha value is -1.14. The maximum absolute atomic E-state index is 10.8. The lowest BCUT2D eigenvalue weighted by Crippen LogP contribution is -2.29. The van der Waals surface area contributed by atoms with Crippen LogP contribution in [0.1, 0.15) is 12.8 Å². The second-order valence-corrected chi connectivity index (χ2v) is 2.57. The van der Waals surface area contributed by atoms with E-state index >= 15 is 0 Å². The number of nitrogens with one attached hydrogen (secondary N) is 2. The summed E-state index contributed by atoms with van der Waals surface area (Å²) in [4.78, 5) is 21.4. The molecule has 0 aromatic heterocycles. The Balaban J connectivity index is 2.33. The van der Waals surface area contributed by atoms with E-state index in [0.717, 1.165) is 0 Å². The Kier molecular flexibility index (Phi) is 2.61. The second kappa shape index (κ2) is 3.51. The summed E-state index contributed by atoms with van der Waals surface area (Å²) in [7, 11) is 0. The van der Waals surface area contributed by atoms with Crippen molar-refractivity contribution >= 4 is 11.9 Å². The van der Waals surface area contributed by atoms with E-state index in [1.165, 1.54) is 0 Å². The molecule has 12 heavy (non-hydrogen) atoms. The smallest absolute Gasteiger partial charge is 0.322 e. The molecule has 6 heteroatoms. The van der Waals surface area contributed by atoms with Gasteiger partial charge in [0.05, 0.1) is 0 Å². The quantitative estimate of drug-likeness (QED) is 0.302. The molecule has 68 valence electrons. The first kappa shape index (κ1) is 8.95. The van der Waals surface area contributed by atoms with Crippen LogP contribution in [-0.4, -0.2) is 34.5 Å². The first-order valence-electron chi connectivity index (χ1n) is 3.57. The molecular formula is C6H10N2O4. The maximum atomic E-state index is 10.8. The largest absolute Gasteiger partial charge is 0.368 e. The minimum atomic E-state index is -1.43. The number of aliphatic hydroxyl groups excluding tert-OH is 1. The second-order valence-electron chi connectivity index (χ2n) is 2.57. The van der Waals surface area contributed by atoms with Gasteiger partial charge in [-0.2, -0.15) is 0 Å². The zero-order valence-corrected chi connectivity index (χ0v) is 6.28. The number of imide groups is 1. The van der Waals surface area contributed by atoms with Gasteiger partial charge in [-0.3, -0.25) is 10.1 Å². The van der Waals surface area contributed by atoms with Crippen molar-refractivity contribution in [2.45, 2.75) is 25.2 Å². The van der Waals surface area contributed by atoms with Gasteiger partial charge in [0.15, 0.2) is 6.29 Å². The van der Waals surface area contributed by atoms with E-state index < -0.39 is 24.3 Å². The third-order valence-corrected chi connectivity index (χ3v) is 1.57. The SMILES string of the molecule is O=C1NC(=O)C(CCC(O)O)N1. The molecule has 0 radical (unpaired) electrons. The van der Waals surface area contributed by atoms with Crippen LogP contribution >= 0.6 is 0 Å². The molecule has 1 saturated heterocycles. The minimum absolute atomic E-state index is 0.0678. The van der Waals surface area contributed by atoms with Gasteiger partial charge >= 0.3 is 6.03 Å². The van der Waals surface area contributed by atoms with Gasteiger partial charge < -0.3 is 15.5 Å². The highest BCUT2D eigenvalue weighted by Gasteiger charge is 2.29. The third-order valence-electron chi connectivity index (χ3n) is 1.57. The van der Waals surface area contributed by atoms with Crippen molar-refractivity contribution in [3.8, 4) is 0 Å². The van der Waals surface area contributed by atoms with E-state index in [-0.39, 0.29) is 12.8 Å². The summed E-state index contributed by atoms with van der Waals surface area (Å²) in [5.74, 6) is -0.416. The third kappa shape index (κ3) is 2.18. The van der Waals surface area contributed by atoms with E-state index in [1.54, 1.807) is 0 Å². The van der Waals surface area contributed by atoms with Gasteiger partial charge in [-0.15, -0.1) is 0 Å². The molecule has 1 unspecified atom stereocenters. The van der Waals surface area contributed by atoms with Crippen molar-refractivity contribution in [3.05, 3.63) is 0 Å². The van der Waals surface area contributed by atoms with Crippen molar-refractivity contribution in [2.75, 3.05) is 0 Å². The molecule has 0 bridgehead atoms. The molecule has 1 fully saturated rings. The lowest BCUT2D eigenvalue weighted by atomic mass is 10.1. The van der Waals surface area contributed by atoms with E-state index in [9.17, 15) is 9.59 Å². The summed E-state index contributed by atoms with van der Waals surface area (Å²) in [6.45, 7) is 0. The standard InChI is InChI=1S/C6H10N2O4/c9-4(10)2-1-3-5(11)8-6(12)7-3/h3-4,9-10H,1-2H2,(H2,7,8,11,12). The number of hydrogen-bond donors (Lipinski definition) is 4. The number of urea groups is 1. The Labute approximate surface area is 68.6 Å². The monoisotopic (exact) mass is 174 g/mol. The van der Waals surface area contributed by atoms with Crippen LogP contribution in [0, 0.1) is 0 Å². The van der Waals surface area contributed by atoms with Gasteiger partial charge in [0.25, 0.3) is 5.91 Å². The fourth-order valence-electron chi connectivity index (χ4n) is 0.978. The highest BCUT2D eigenvalue weighted by atomic mass is 16.5. The fraction of sp³-hybridized carbons (Fsp3) is 0.667. The van der Waals surface area contributed by atoms with Crippen LogP contribution in [0.4, 0.5) is 4.79 Å². The zero-order valence-electron chi connectivity index (χ0n) is 6.28. The molecule has 1 atom stereocenters. The molecule has 0 aromatic carbocycles. The van der Waals surface area contributed by atoms with Crippen molar-refractivity contribution in [2.24, 2.45) is 0 Å². The summed E-state index contributed by atoms with van der Waals surface area (Å²) in [6.07, 6.45) is -1.14. The average molecular weight is 174 g/mol. The van der Waals surface area contributed by atoms with Gasteiger partial charge in [0, 0.05) is 6.42 Å². The molecular weight excluding hydrogens is 164 g/mol. The summed E-state index contributed by atoms with van der Waals surface area (Å²) >= 11 is 0. The van der Waals surface area contributed by atoms with E-state index in [4.69, 9.17) is 10.2 Å². The van der Waals surface area contributed by atoms with E-state index in [0.29, 0.717) is 0 Å². The summed E-state index contributed by atoms with van der Waals surface area (Å²) < 4.78 is 0. The van der Waals surface area contributed by atoms with Crippen molar-refractivity contribution in [1.29, 1.82) is 0 Å². The van der Waals surface area contributed by atoms with Crippen molar-refractivity contribution in [1.82, 2.24) is 10.6 Å². The Morgan fingerprint density at radius 1 is 1.42 bits per heavy atom. The average Bonchev–Trinajstić information content (AvgIpc) is 2.26. The summed E-state index contributed by atoms with van der Waals surface area (Å²) in [5, 5.41) is 21.3. The highest BCUT2D eigenvalue weighted by molar-refractivity contribution is 6.04. The first-order valence-corrected chi connectivity index (χ1v) is 3.57. The normalized spacial score (nSPS) is 22.8. The number of amides is 3. The number of rotatable bonds is 3. The molecule has 1 heterocycles. The van der Waals surface area contributed by atoms with Crippen LogP contribution in [0.25, 0.3) is 0 Å². The minimum Gasteiger partial charge on any atom is -0.368 e. The zero-order chi connectivity index (χ0) is 9.14. The molecule has 0 spiro atoms. The van der Waals surface area contributed by atoms with Crippen LogP contribution in [0.5, 0.6) is 0 Å². The number of aliphatic hydroxyl groups is 2. The van der Waals surface area contributed by atoms with Crippen LogP contribution in [0.3, 0.4) is 0 Å². The molecule has 0 saturated carbocycles. The maximum Gasteiger partial charge on any atom is 0.322 e. The molecule has 3 amide bonds. The fourth-order valence-corrected chi connectivity index (χ4v) is 0.978. The van der Waals surface area contributed by atoms with Gasteiger partial charge in [0.2, 0.25) is 0 Å². The predicted molar refractivity (Wildman–Crippen MR) is 37.9 cm³/mol. The summed E-state index contributed by atoms with van der Waals surface area (Å²) in [6, 6.07) is -1.16. The molecule has 1 aliphatic rings. The van der Waals surface area contributed by atoms with Crippen molar-refractivity contribution < 1.29 is 19.8 Å². The highest BCUT2D eigenvalue weighted by Crippen LogP contribution is 2.03. The molecule has 0 aliphatic carbocycles. The van der Waals surface area contributed by atoms with Gasteiger partial charge in [-0.25, -0.2) is 4.79 Å². The molecule has 0 aromatic rings. The Morgan fingerprint density at radius 2 is 2.08 bits per heavy atom. The number of carbonyl (C=O) groups excluding carboxylic acids is 2. The number of hydrogen-bond acceptors (Lipinski definition) is 4.